The molecule has 0 spiro atoms. The maximum absolute atomic E-state index is 12.9. The second kappa shape index (κ2) is 58.7. The molecule has 0 aliphatic rings. The van der Waals surface area contributed by atoms with Gasteiger partial charge < -0.3 is 14.2 Å². The Balaban J connectivity index is 4.35. The number of unbranched alkanes of at least 4 members (excludes halogenated alkanes) is 37. The second-order valence-corrected chi connectivity index (χ2v) is 20.3. The van der Waals surface area contributed by atoms with Gasteiger partial charge >= 0.3 is 17.9 Å². The number of carbonyl (C=O) groups excluding carboxylic acids is 3. The second-order valence-electron chi connectivity index (χ2n) is 20.3. The van der Waals surface area contributed by atoms with Gasteiger partial charge in [-0.25, -0.2) is 0 Å². The minimum atomic E-state index is -0.779. The van der Waals surface area contributed by atoms with Crippen LogP contribution < -0.4 is 0 Å². The van der Waals surface area contributed by atoms with E-state index in [1.165, 1.54) is 199 Å². The number of rotatable bonds is 55. The zero-order valence-electron chi connectivity index (χ0n) is 46.5. The predicted molar refractivity (Wildman–Crippen MR) is 302 cm³/mol. The van der Waals surface area contributed by atoms with Gasteiger partial charge in [-0.15, -0.1) is 0 Å². The Labute approximate surface area is 434 Å². The molecule has 0 fully saturated rings. The SMILES string of the molecule is CC\C=C/C=C\C=C/CCCCCCCCCC(=O)OCC(COC(=O)CCCCCCCCCCCC/C=C\C=C/CCCCC)OC(=O)CCCCCCCCCCCCCCCCCCCC. The summed E-state index contributed by atoms with van der Waals surface area (Å²) in [6, 6.07) is 0. The fourth-order valence-electron chi connectivity index (χ4n) is 8.79. The summed E-state index contributed by atoms with van der Waals surface area (Å²) < 4.78 is 16.9. The first-order valence-corrected chi connectivity index (χ1v) is 30.3. The van der Waals surface area contributed by atoms with Crippen LogP contribution in [0.1, 0.15) is 310 Å². The van der Waals surface area contributed by atoms with E-state index in [1.807, 2.05) is 0 Å². The Hall–Kier alpha value is -2.89. The lowest BCUT2D eigenvalue weighted by Gasteiger charge is -2.18. The smallest absolute Gasteiger partial charge is 0.306 e. The molecular formula is C64H114O6. The first kappa shape index (κ1) is 67.1. The quantitative estimate of drug-likeness (QED) is 0.0261. The molecule has 406 valence electrons. The molecule has 0 aromatic rings. The van der Waals surface area contributed by atoms with E-state index < -0.39 is 6.10 Å². The third-order valence-corrected chi connectivity index (χ3v) is 13.3. The van der Waals surface area contributed by atoms with Crippen molar-refractivity contribution in [1.82, 2.24) is 0 Å². The molecule has 0 aliphatic carbocycles. The fourth-order valence-corrected chi connectivity index (χ4v) is 8.79. The van der Waals surface area contributed by atoms with Crippen LogP contribution in [0.5, 0.6) is 0 Å². The highest BCUT2D eigenvalue weighted by Gasteiger charge is 2.19. The molecule has 0 radical (unpaired) electrons. The lowest BCUT2D eigenvalue weighted by Crippen LogP contribution is -2.30. The Bertz CT molecular complexity index is 1260. The van der Waals surface area contributed by atoms with E-state index in [-0.39, 0.29) is 31.1 Å². The molecule has 1 unspecified atom stereocenters. The van der Waals surface area contributed by atoms with Gasteiger partial charge in [0.15, 0.2) is 6.10 Å². The summed E-state index contributed by atoms with van der Waals surface area (Å²) in [4.78, 5) is 38.2. The molecular weight excluding hydrogens is 865 g/mol. The van der Waals surface area contributed by atoms with Crippen molar-refractivity contribution in [2.45, 2.75) is 316 Å². The monoisotopic (exact) mass is 979 g/mol. The van der Waals surface area contributed by atoms with Crippen molar-refractivity contribution in [2.75, 3.05) is 13.2 Å². The van der Waals surface area contributed by atoms with Gasteiger partial charge in [-0.05, 0) is 64.2 Å². The standard InChI is InChI=1S/C64H114O6/c1-4-7-10-13-16-19-22-25-28-30-32-34-36-39-42-45-48-51-54-57-63(66)69-60-61(59-68-62(65)56-53-50-47-44-41-38-35-27-24-21-18-15-12-9-6-3)70-64(67)58-55-52-49-46-43-40-37-33-31-29-26-23-20-17-14-11-8-5-2/h9,12,15-16,18-19,21-22,24-25,61H,4-8,10-11,13-14,17,20,23,26-60H2,1-3H3/b12-9-,18-15-,19-16-,24-21-,25-22-. The van der Waals surface area contributed by atoms with Gasteiger partial charge in [-0.1, -0.05) is 287 Å². The molecule has 0 N–H and O–H groups in total. The van der Waals surface area contributed by atoms with Gasteiger partial charge in [0.2, 0.25) is 0 Å². The van der Waals surface area contributed by atoms with Gasteiger partial charge in [0.25, 0.3) is 0 Å². The number of ether oxygens (including phenoxy) is 3. The van der Waals surface area contributed by atoms with Crippen LogP contribution in [0.3, 0.4) is 0 Å². The molecule has 6 heteroatoms. The predicted octanol–water partition coefficient (Wildman–Crippen LogP) is 20.4. The lowest BCUT2D eigenvalue weighted by atomic mass is 10.0. The van der Waals surface area contributed by atoms with Crippen molar-refractivity contribution in [1.29, 1.82) is 0 Å². The van der Waals surface area contributed by atoms with Crippen molar-refractivity contribution in [3.63, 3.8) is 0 Å². The van der Waals surface area contributed by atoms with Gasteiger partial charge in [-0.3, -0.25) is 14.4 Å². The van der Waals surface area contributed by atoms with Gasteiger partial charge in [0.05, 0.1) is 0 Å². The van der Waals surface area contributed by atoms with E-state index in [9.17, 15) is 14.4 Å². The summed E-state index contributed by atoms with van der Waals surface area (Å²) in [5, 5.41) is 0. The van der Waals surface area contributed by atoms with Crippen LogP contribution >= 0.6 is 0 Å². The van der Waals surface area contributed by atoms with Crippen molar-refractivity contribution >= 4 is 17.9 Å². The zero-order chi connectivity index (χ0) is 50.7. The molecule has 0 aliphatic heterocycles. The summed E-state index contributed by atoms with van der Waals surface area (Å²) in [5.74, 6) is -0.876. The number of hydrogen-bond donors (Lipinski definition) is 0. The first-order valence-electron chi connectivity index (χ1n) is 30.3. The minimum absolute atomic E-state index is 0.0771. The molecule has 0 aromatic carbocycles. The summed E-state index contributed by atoms with van der Waals surface area (Å²) in [7, 11) is 0. The Morgan fingerprint density at radius 2 is 0.557 bits per heavy atom. The topological polar surface area (TPSA) is 78.9 Å². The number of carbonyl (C=O) groups is 3. The molecule has 0 bridgehead atoms. The maximum Gasteiger partial charge on any atom is 0.306 e. The van der Waals surface area contributed by atoms with Crippen LogP contribution in [-0.2, 0) is 28.6 Å². The largest absolute Gasteiger partial charge is 0.462 e. The van der Waals surface area contributed by atoms with E-state index in [0.717, 1.165) is 70.6 Å². The Kier molecular flexibility index (Phi) is 56.3. The minimum Gasteiger partial charge on any atom is -0.462 e. The first-order chi connectivity index (χ1) is 34.5. The molecule has 0 saturated heterocycles. The van der Waals surface area contributed by atoms with Crippen LogP contribution in [0.15, 0.2) is 60.8 Å². The van der Waals surface area contributed by atoms with Crippen LogP contribution in [-0.4, -0.2) is 37.2 Å². The third kappa shape index (κ3) is 56.0. The highest BCUT2D eigenvalue weighted by molar-refractivity contribution is 5.71. The van der Waals surface area contributed by atoms with Gasteiger partial charge in [-0.2, -0.15) is 0 Å². The van der Waals surface area contributed by atoms with E-state index in [0.29, 0.717) is 19.3 Å². The summed E-state index contributed by atoms with van der Waals surface area (Å²) in [5.41, 5.74) is 0. The van der Waals surface area contributed by atoms with Crippen molar-refractivity contribution in [3.05, 3.63) is 60.8 Å². The van der Waals surface area contributed by atoms with Crippen molar-refractivity contribution < 1.29 is 28.6 Å². The molecule has 0 rings (SSSR count). The van der Waals surface area contributed by atoms with Crippen LogP contribution in [0, 0.1) is 0 Å². The number of esters is 3. The van der Waals surface area contributed by atoms with Crippen molar-refractivity contribution in [3.8, 4) is 0 Å². The number of hydrogen-bond acceptors (Lipinski definition) is 6. The normalized spacial score (nSPS) is 12.4. The van der Waals surface area contributed by atoms with Crippen LogP contribution in [0.2, 0.25) is 0 Å². The van der Waals surface area contributed by atoms with E-state index in [4.69, 9.17) is 14.2 Å². The average molecular weight is 980 g/mol. The van der Waals surface area contributed by atoms with E-state index in [2.05, 4.69) is 81.5 Å². The van der Waals surface area contributed by atoms with Crippen LogP contribution in [0.25, 0.3) is 0 Å². The number of allylic oxidation sites excluding steroid dienone is 10. The van der Waals surface area contributed by atoms with E-state index >= 15 is 0 Å². The lowest BCUT2D eigenvalue weighted by molar-refractivity contribution is -0.167. The molecule has 0 heterocycles. The highest BCUT2D eigenvalue weighted by atomic mass is 16.6. The summed E-state index contributed by atoms with van der Waals surface area (Å²) in [6.45, 7) is 6.51. The molecule has 0 aromatic heterocycles. The van der Waals surface area contributed by atoms with E-state index in [1.54, 1.807) is 0 Å². The van der Waals surface area contributed by atoms with Crippen molar-refractivity contribution in [2.24, 2.45) is 0 Å². The Morgan fingerprint density at radius 1 is 0.300 bits per heavy atom. The molecule has 6 nitrogen and oxygen atoms in total. The Morgan fingerprint density at radius 3 is 0.900 bits per heavy atom. The summed E-state index contributed by atoms with van der Waals surface area (Å²) in [6.07, 6.45) is 73.5. The van der Waals surface area contributed by atoms with Gasteiger partial charge in [0, 0.05) is 19.3 Å². The zero-order valence-corrected chi connectivity index (χ0v) is 46.5. The average Bonchev–Trinajstić information content (AvgIpc) is 3.36. The molecule has 0 saturated carbocycles. The van der Waals surface area contributed by atoms with Crippen LogP contribution in [0.4, 0.5) is 0 Å². The molecule has 0 amide bonds. The van der Waals surface area contributed by atoms with Gasteiger partial charge in [0.1, 0.15) is 13.2 Å². The summed E-state index contributed by atoms with van der Waals surface area (Å²) >= 11 is 0. The molecule has 1 atom stereocenters. The fraction of sp³-hybridized carbons (Fsp3) is 0.797. The molecule has 70 heavy (non-hydrogen) atoms. The highest BCUT2D eigenvalue weighted by Crippen LogP contribution is 2.17. The maximum atomic E-state index is 12.9. The third-order valence-electron chi connectivity index (χ3n) is 13.3.